The van der Waals surface area contributed by atoms with Gasteiger partial charge in [-0.3, -0.25) is 4.79 Å². The summed E-state index contributed by atoms with van der Waals surface area (Å²) in [4.78, 5) is 27.8. The van der Waals surface area contributed by atoms with Crippen molar-refractivity contribution in [3.05, 3.63) is 35.3 Å². The Labute approximate surface area is 143 Å². The predicted molar refractivity (Wildman–Crippen MR) is 90.3 cm³/mol. The van der Waals surface area contributed by atoms with E-state index < -0.39 is 17.9 Å². The van der Waals surface area contributed by atoms with Gasteiger partial charge < -0.3 is 15.2 Å². The molecule has 2 N–H and O–H groups in total. The molecule has 0 bridgehead atoms. The second kappa shape index (κ2) is 7.00. The second-order valence-corrected chi connectivity index (χ2v) is 6.48. The van der Waals surface area contributed by atoms with Gasteiger partial charge >= 0.3 is 5.97 Å². The van der Waals surface area contributed by atoms with Crippen LogP contribution in [0.15, 0.2) is 29.6 Å². The van der Waals surface area contributed by atoms with Crippen LogP contribution in [0.3, 0.4) is 0 Å². The standard InChI is InChI=1S/C17H18N2O4S/c1-2-23-12-7-5-11(6-8-12)16-18-13(9-24-16)15(20)19-14(17(21)22)10-3-4-10/h5-10,14H,2-4H2,1H3,(H,19,20)(H,21,22). The lowest BCUT2D eigenvalue weighted by molar-refractivity contribution is -0.139. The number of rotatable bonds is 7. The Balaban J connectivity index is 1.70. The number of ether oxygens (including phenoxy) is 1. The molecule has 3 rings (SSSR count). The van der Waals surface area contributed by atoms with Crippen LogP contribution < -0.4 is 10.1 Å². The number of aliphatic carboxylic acids is 1. The van der Waals surface area contributed by atoms with Crippen LogP contribution in [0.1, 0.15) is 30.3 Å². The number of carbonyl (C=O) groups excluding carboxylic acids is 1. The Bertz CT molecular complexity index is 737. The molecule has 2 aromatic rings. The van der Waals surface area contributed by atoms with Crippen molar-refractivity contribution in [1.82, 2.24) is 10.3 Å². The molecule has 1 aromatic heterocycles. The van der Waals surface area contributed by atoms with E-state index in [4.69, 9.17) is 4.74 Å². The molecule has 0 spiro atoms. The van der Waals surface area contributed by atoms with Crippen LogP contribution in [0.5, 0.6) is 5.75 Å². The van der Waals surface area contributed by atoms with Gasteiger partial charge in [-0.05, 0) is 49.9 Å². The van der Waals surface area contributed by atoms with Gasteiger partial charge in [-0.25, -0.2) is 9.78 Å². The molecule has 1 saturated carbocycles. The van der Waals surface area contributed by atoms with Crippen LogP contribution in [0.25, 0.3) is 10.6 Å². The number of thiazole rings is 1. The summed E-state index contributed by atoms with van der Waals surface area (Å²) in [5.41, 5.74) is 1.13. The van der Waals surface area contributed by atoms with E-state index in [2.05, 4.69) is 10.3 Å². The van der Waals surface area contributed by atoms with Crippen LogP contribution in [-0.4, -0.2) is 34.6 Å². The predicted octanol–water partition coefficient (Wildman–Crippen LogP) is 2.80. The Kier molecular flexibility index (Phi) is 4.80. The first-order valence-corrected chi connectivity index (χ1v) is 8.69. The summed E-state index contributed by atoms with van der Waals surface area (Å²) in [7, 11) is 0. The number of benzene rings is 1. The molecule has 7 heteroatoms. The van der Waals surface area contributed by atoms with Gasteiger partial charge in [0.1, 0.15) is 22.5 Å². The summed E-state index contributed by atoms with van der Waals surface area (Å²) in [6.07, 6.45) is 1.68. The van der Waals surface area contributed by atoms with E-state index in [9.17, 15) is 14.7 Å². The fourth-order valence-electron chi connectivity index (χ4n) is 2.40. The number of amides is 1. The maximum Gasteiger partial charge on any atom is 0.326 e. The molecule has 1 atom stereocenters. The lowest BCUT2D eigenvalue weighted by Gasteiger charge is -2.12. The van der Waals surface area contributed by atoms with E-state index in [1.54, 1.807) is 5.38 Å². The van der Waals surface area contributed by atoms with Gasteiger partial charge in [-0.1, -0.05) is 0 Å². The molecule has 1 unspecified atom stereocenters. The zero-order valence-electron chi connectivity index (χ0n) is 13.2. The smallest absolute Gasteiger partial charge is 0.326 e. The third kappa shape index (κ3) is 3.73. The van der Waals surface area contributed by atoms with Crippen molar-refractivity contribution in [3.8, 4) is 16.3 Å². The molecule has 126 valence electrons. The Morgan fingerprint density at radius 3 is 2.67 bits per heavy atom. The number of hydrogen-bond donors (Lipinski definition) is 2. The molecule has 6 nitrogen and oxygen atoms in total. The molecule has 1 aromatic carbocycles. The number of nitrogens with one attached hydrogen (secondary N) is 1. The lowest BCUT2D eigenvalue weighted by Crippen LogP contribution is -2.42. The number of carbonyl (C=O) groups is 2. The highest BCUT2D eigenvalue weighted by Gasteiger charge is 2.37. The molecule has 1 fully saturated rings. The van der Waals surface area contributed by atoms with E-state index >= 15 is 0 Å². The minimum atomic E-state index is -0.993. The fourth-order valence-corrected chi connectivity index (χ4v) is 3.20. The summed E-state index contributed by atoms with van der Waals surface area (Å²) in [5.74, 6) is -0.615. The van der Waals surface area contributed by atoms with E-state index in [0.29, 0.717) is 11.6 Å². The molecular formula is C17H18N2O4S. The van der Waals surface area contributed by atoms with Crippen molar-refractivity contribution >= 4 is 23.2 Å². The van der Waals surface area contributed by atoms with Gasteiger partial charge in [0.2, 0.25) is 0 Å². The first-order chi connectivity index (χ1) is 11.6. The normalized spacial score (nSPS) is 14.9. The maximum absolute atomic E-state index is 12.2. The van der Waals surface area contributed by atoms with Gasteiger partial charge in [-0.15, -0.1) is 11.3 Å². The third-order valence-corrected chi connectivity index (χ3v) is 4.69. The monoisotopic (exact) mass is 346 g/mol. The SMILES string of the molecule is CCOc1ccc(-c2nc(C(=O)NC(C(=O)O)C3CC3)cs2)cc1. The fraction of sp³-hybridized carbons (Fsp3) is 0.353. The maximum atomic E-state index is 12.2. The van der Waals surface area contributed by atoms with Crippen molar-refractivity contribution < 1.29 is 19.4 Å². The molecule has 1 aliphatic rings. The highest BCUT2D eigenvalue weighted by atomic mass is 32.1. The van der Waals surface area contributed by atoms with E-state index in [0.717, 1.165) is 24.2 Å². The Hall–Kier alpha value is -2.41. The van der Waals surface area contributed by atoms with Gasteiger partial charge in [0, 0.05) is 10.9 Å². The zero-order chi connectivity index (χ0) is 17.1. The van der Waals surface area contributed by atoms with Gasteiger partial charge in [0.25, 0.3) is 5.91 Å². The highest BCUT2D eigenvalue weighted by Crippen LogP contribution is 2.33. The average molecular weight is 346 g/mol. The van der Waals surface area contributed by atoms with Crippen molar-refractivity contribution in [2.45, 2.75) is 25.8 Å². The van der Waals surface area contributed by atoms with Crippen LogP contribution in [0.2, 0.25) is 0 Å². The van der Waals surface area contributed by atoms with Gasteiger partial charge in [0.05, 0.1) is 6.61 Å². The van der Waals surface area contributed by atoms with E-state index in [1.165, 1.54) is 11.3 Å². The number of hydrogen-bond acceptors (Lipinski definition) is 5. The largest absolute Gasteiger partial charge is 0.494 e. The van der Waals surface area contributed by atoms with Crippen LogP contribution in [0.4, 0.5) is 0 Å². The summed E-state index contributed by atoms with van der Waals surface area (Å²) in [6.45, 7) is 2.53. The number of carboxylic acids is 1. The molecular weight excluding hydrogens is 328 g/mol. The van der Waals surface area contributed by atoms with Crippen LogP contribution >= 0.6 is 11.3 Å². The Morgan fingerprint density at radius 1 is 1.38 bits per heavy atom. The number of aromatic nitrogens is 1. The molecule has 0 radical (unpaired) electrons. The minimum Gasteiger partial charge on any atom is -0.494 e. The van der Waals surface area contributed by atoms with Crippen molar-refractivity contribution in [2.24, 2.45) is 5.92 Å². The first-order valence-electron chi connectivity index (χ1n) is 7.81. The molecule has 1 aliphatic carbocycles. The van der Waals surface area contributed by atoms with Crippen molar-refractivity contribution in [3.63, 3.8) is 0 Å². The zero-order valence-corrected chi connectivity index (χ0v) is 14.0. The number of carboxylic acid groups (broad SMARTS) is 1. The van der Waals surface area contributed by atoms with Crippen molar-refractivity contribution in [2.75, 3.05) is 6.61 Å². The quantitative estimate of drug-likeness (QED) is 0.805. The third-order valence-electron chi connectivity index (χ3n) is 3.80. The minimum absolute atomic E-state index is 0.0377. The molecule has 1 amide bonds. The lowest BCUT2D eigenvalue weighted by atomic mass is 10.2. The summed E-state index contributed by atoms with van der Waals surface area (Å²) in [5, 5.41) is 14.1. The van der Waals surface area contributed by atoms with Crippen LogP contribution in [-0.2, 0) is 4.79 Å². The topological polar surface area (TPSA) is 88.5 Å². The van der Waals surface area contributed by atoms with Gasteiger partial charge in [0.15, 0.2) is 0 Å². The number of nitrogens with zero attached hydrogens (tertiary/aromatic N) is 1. The average Bonchev–Trinajstić information content (AvgIpc) is 3.28. The molecule has 24 heavy (non-hydrogen) atoms. The van der Waals surface area contributed by atoms with E-state index in [-0.39, 0.29) is 11.6 Å². The molecule has 0 saturated heterocycles. The summed E-state index contributed by atoms with van der Waals surface area (Å²) >= 11 is 1.35. The van der Waals surface area contributed by atoms with Gasteiger partial charge in [-0.2, -0.15) is 0 Å². The van der Waals surface area contributed by atoms with Crippen LogP contribution in [0, 0.1) is 5.92 Å². The van der Waals surface area contributed by atoms with E-state index in [1.807, 2.05) is 31.2 Å². The van der Waals surface area contributed by atoms with Crippen molar-refractivity contribution in [1.29, 1.82) is 0 Å². The first kappa shape index (κ1) is 16.4. The molecule has 1 heterocycles. The summed E-state index contributed by atoms with van der Waals surface area (Å²) < 4.78 is 5.40. The molecule has 0 aliphatic heterocycles. The summed E-state index contributed by atoms with van der Waals surface area (Å²) in [6, 6.07) is 6.65. The second-order valence-electron chi connectivity index (χ2n) is 5.62. The highest BCUT2D eigenvalue weighted by molar-refractivity contribution is 7.13. The Morgan fingerprint density at radius 2 is 2.08 bits per heavy atom.